The number of fused-ring (bicyclic) bond motifs is 1. The summed E-state index contributed by atoms with van der Waals surface area (Å²) in [5, 5.41) is 0.173. The largest absolute Gasteiger partial charge is 0.493 e. The van der Waals surface area contributed by atoms with E-state index in [2.05, 4.69) is 18.8 Å². The number of methoxy groups -OCH3 is 1. The number of nitrogens with zero attached hydrogens (tertiary/aromatic N) is 2. The van der Waals surface area contributed by atoms with Gasteiger partial charge in [0, 0.05) is 5.56 Å². The summed E-state index contributed by atoms with van der Waals surface area (Å²) in [4.78, 5) is 32.7. The Morgan fingerprint density at radius 1 is 1.11 bits per heavy atom. The van der Waals surface area contributed by atoms with Crippen molar-refractivity contribution in [1.29, 1.82) is 0 Å². The van der Waals surface area contributed by atoms with Gasteiger partial charge in [0.2, 0.25) is 0 Å². The Morgan fingerprint density at radius 2 is 1.89 bits per heavy atom. The predicted octanol–water partition coefficient (Wildman–Crippen LogP) is 6.20. The number of hydrogen-bond donors (Lipinski definition) is 0. The van der Waals surface area contributed by atoms with E-state index in [0.29, 0.717) is 40.1 Å². The first kappa shape index (κ1) is 31.2. The minimum absolute atomic E-state index is 0.0470. The fourth-order valence-electron chi connectivity index (χ4n) is 4.86. The molecule has 0 amide bonds. The summed E-state index contributed by atoms with van der Waals surface area (Å²) in [6, 6.07) is 18.1. The third-order valence-corrected chi connectivity index (χ3v) is 8.50. The van der Waals surface area contributed by atoms with Crippen molar-refractivity contribution in [1.82, 2.24) is 4.57 Å². The third-order valence-electron chi connectivity index (χ3n) is 7.19. The Balaban J connectivity index is 1.63. The number of benzene rings is 3. The van der Waals surface area contributed by atoms with Crippen LogP contribution in [-0.2, 0) is 16.1 Å². The second kappa shape index (κ2) is 13.6. The Kier molecular flexibility index (Phi) is 9.66. The van der Waals surface area contributed by atoms with Crippen molar-refractivity contribution in [3.05, 3.63) is 125 Å². The van der Waals surface area contributed by atoms with Gasteiger partial charge >= 0.3 is 5.97 Å². The molecule has 228 valence electrons. The molecule has 0 bridgehead atoms. The number of allylic oxidation sites excluding steroid dienone is 1. The smallest absolute Gasteiger partial charge is 0.338 e. The average Bonchev–Trinajstić information content (AvgIpc) is 3.31. The number of rotatable bonds is 10. The third kappa shape index (κ3) is 6.64. The first-order valence-electron chi connectivity index (χ1n) is 14.2. The lowest BCUT2D eigenvalue weighted by Gasteiger charge is -2.25. The van der Waals surface area contributed by atoms with Crippen LogP contribution in [0.4, 0.5) is 4.39 Å². The zero-order valence-electron chi connectivity index (χ0n) is 24.8. The lowest BCUT2D eigenvalue weighted by atomic mass is 9.95. The molecule has 0 aliphatic carbocycles. The second-order valence-corrected chi connectivity index (χ2v) is 12.1. The SMILES string of the molecule is COc1cc(C2C(C(=O)OCc3ccccc3)=C(C)N=c3s/c(=C\c4c(F)cccc4Cl)c(=O)n32)ccc1OCCC(C)C. The molecule has 7 nitrogen and oxygen atoms in total. The minimum Gasteiger partial charge on any atom is -0.493 e. The van der Waals surface area contributed by atoms with Crippen LogP contribution in [0.1, 0.15) is 49.9 Å². The van der Waals surface area contributed by atoms with Gasteiger partial charge in [0.1, 0.15) is 12.4 Å². The Bertz CT molecular complexity index is 1880. The highest BCUT2D eigenvalue weighted by atomic mass is 35.5. The van der Waals surface area contributed by atoms with Crippen molar-refractivity contribution in [2.75, 3.05) is 13.7 Å². The van der Waals surface area contributed by atoms with Gasteiger partial charge in [-0.25, -0.2) is 14.2 Å². The second-order valence-electron chi connectivity index (χ2n) is 10.7. The maximum Gasteiger partial charge on any atom is 0.338 e. The quantitative estimate of drug-likeness (QED) is 0.194. The molecule has 44 heavy (non-hydrogen) atoms. The van der Waals surface area contributed by atoms with E-state index in [1.807, 2.05) is 30.3 Å². The zero-order chi connectivity index (χ0) is 31.4. The minimum atomic E-state index is -0.897. The molecule has 0 N–H and O–H groups in total. The molecule has 0 radical (unpaired) electrons. The molecular weight excluding hydrogens is 603 g/mol. The van der Waals surface area contributed by atoms with Gasteiger partial charge in [-0.3, -0.25) is 9.36 Å². The van der Waals surface area contributed by atoms with Crippen molar-refractivity contribution < 1.29 is 23.4 Å². The van der Waals surface area contributed by atoms with Gasteiger partial charge in [-0.15, -0.1) is 0 Å². The molecule has 0 spiro atoms. The number of hydrogen-bond acceptors (Lipinski definition) is 7. The number of thiazole rings is 1. The summed E-state index contributed by atoms with van der Waals surface area (Å²) in [5.41, 5.74) is 1.67. The van der Waals surface area contributed by atoms with Crippen LogP contribution < -0.4 is 24.4 Å². The van der Waals surface area contributed by atoms with Crippen LogP contribution in [0.25, 0.3) is 6.08 Å². The molecule has 1 aliphatic heterocycles. The van der Waals surface area contributed by atoms with E-state index in [1.54, 1.807) is 31.2 Å². The Labute approximate surface area is 263 Å². The van der Waals surface area contributed by atoms with Crippen LogP contribution in [0.5, 0.6) is 11.5 Å². The van der Waals surface area contributed by atoms with Crippen molar-refractivity contribution in [3.8, 4) is 11.5 Å². The zero-order valence-corrected chi connectivity index (χ0v) is 26.4. The van der Waals surface area contributed by atoms with Gasteiger partial charge in [0.05, 0.1) is 40.6 Å². The van der Waals surface area contributed by atoms with E-state index in [0.717, 1.165) is 23.3 Å². The van der Waals surface area contributed by atoms with Gasteiger partial charge in [-0.2, -0.15) is 0 Å². The van der Waals surface area contributed by atoms with Crippen LogP contribution in [0.15, 0.2) is 87.8 Å². The van der Waals surface area contributed by atoms with Crippen molar-refractivity contribution in [3.63, 3.8) is 0 Å². The summed E-state index contributed by atoms with van der Waals surface area (Å²) in [6.45, 7) is 6.50. The fraction of sp³-hybridized carbons (Fsp3) is 0.265. The molecule has 10 heteroatoms. The standard InChI is InChI=1S/C34H32ClFN2O5S/c1-20(2)15-16-42-27-14-13-23(17-28(27)41-4)31-30(33(40)43-19-22-9-6-5-7-10-22)21(3)37-34-38(31)32(39)29(44-34)18-24-25(35)11-8-12-26(24)36/h5-14,17-18,20,31H,15-16,19H2,1-4H3/b29-18-. The maximum atomic E-state index is 14.7. The van der Waals surface area contributed by atoms with Crippen LogP contribution in [0, 0.1) is 11.7 Å². The number of halogens is 2. The molecule has 4 aromatic rings. The van der Waals surface area contributed by atoms with Crippen LogP contribution >= 0.6 is 22.9 Å². The molecule has 5 rings (SSSR count). The number of carbonyl (C=O) groups is 1. The number of ether oxygens (including phenoxy) is 3. The molecule has 2 heterocycles. The van der Waals surface area contributed by atoms with Gasteiger partial charge < -0.3 is 14.2 Å². The lowest BCUT2D eigenvalue weighted by molar-refractivity contribution is -0.140. The molecule has 1 unspecified atom stereocenters. The summed E-state index contributed by atoms with van der Waals surface area (Å²) in [6.07, 6.45) is 2.28. The van der Waals surface area contributed by atoms with E-state index in [4.69, 9.17) is 25.8 Å². The van der Waals surface area contributed by atoms with Gasteiger partial charge in [-0.05, 0) is 60.7 Å². The molecule has 1 aliphatic rings. The summed E-state index contributed by atoms with van der Waals surface area (Å²) >= 11 is 7.35. The molecule has 3 aromatic carbocycles. The molecule has 1 atom stereocenters. The van der Waals surface area contributed by atoms with Crippen molar-refractivity contribution >= 4 is 35.0 Å². The molecule has 1 aromatic heterocycles. The molecule has 0 fully saturated rings. The van der Waals surface area contributed by atoms with Crippen molar-refractivity contribution in [2.24, 2.45) is 10.9 Å². The summed E-state index contributed by atoms with van der Waals surface area (Å²) < 4.78 is 33.7. The molecule has 0 saturated heterocycles. The molecule has 0 saturated carbocycles. The van der Waals surface area contributed by atoms with E-state index in [9.17, 15) is 14.0 Å². The predicted molar refractivity (Wildman–Crippen MR) is 169 cm³/mol. The van der Waals surface area contributed by atoms with E-state index >= 15 is 0 Å². The van der Waals surface area contributed by atoms with Crippen LogP contribution in [-0.4, -0.2) is 24.3 Å². The fourth-order valence-corrected chi connectivity index (χ4v) is 6.10. The number of carbonyl (C=O) groups excluding carboxylic acids is 1. The summed E-state index contributed by atoms with van der Waals surface area (Å²) in [5.74, 6) is 0.310. The van der Waals surface area contributed by atoms with Crippen LogP contribution in [0.3, 0.4) is 0 Å². The average molecular weight is 635 g/mol. The Morgan fingerprint density at radius 3 is 2.59 bits per heavy atom. The first-order valence-corrected chi connectivity index (χ1v) is 15.4. The normalized spacial score (nSPS) is 14.8. The van der Waals surface area contributed by atoms with E-state index < -0.39 is 23.4 Å². The highest BCUT2D eigenvalue weighted by Crippen LogP contribution is 2.36. The highest BCUT2D eigenvalue weighted by molar-refractivity contribution is 7.07. The monoisotopic (exact) mass is 634 g/mol. The maximum absolute atomic E-state index is 14.7. The van der Waals surface area contributed by atoms with Gasteiger partial charge in [0.15, 0.2) is 16.3 Å². The molecular formula is C34H32ClFN2O5S. The summed E-state index contributed by atoms with van der Waals surface area (Å²) in [7, 11) is 1.54. The lowest BCUT2D eigenvalue weighted by Crippen LogP contribution is -2.40. The topological polar surface area (TPSA) is 79.1 Å². The Hall–Kier alpha value is -4.21. The van der Waals surface area contributed by atoms with Gasteiger partial charge in [-0.1, -0.05) is 79.2 Å². The first-order chi connectivity index (χ1) is 21.2. The van der Waals surface area contributed by atoms with Crippen molar-refractivity contribution in [2.45, 2.75) is 39.8 Å². The van der Waals surface area contributed by atoms with Crippen LogP contribution in [0.2, 0.25) is 5.02 Å². The number of aromatic nitrogens is 1. The highest BCUT2D eigenvalue weighted by Gasteiger charge is 2.34. The van der Waals surface area contributed by atoms with Gasteiger partial charge in [0.25, 0.3) is 5.56 Å². The van der Waals surface area contributed by atoms with E-state index in [-0.39, 0.29) is 27.3 Å². The number of esters is 1. The van der Waals surface area contributed by atoms with E-state index in [1.165, 1.54) is 29.9 Å².